The topological polar surface area (TPSA) is 61.4 Å². The molecule has 0 aromatic heterocycles. The minimum Gasteiger partial charge on any atom is -0.508 e. The Labute approximate surface area is 114 Å². The number of aryl methyl sites for hydroxylation is 1. The SMILES string of the molecule is CC(C)NC(=O)C(C)NC1CCc2cc(O)ccc21. The number of rotatable bonds is 4. The quantitative estimate of drug-likeness (QED) is 0.776. The van der Waals surface area contributed by atoms with Crippen molar-refractivity contribution in [3.05, 3.63) is 29.3 Å². The number of amides is 1. The Kier molecular flexibility index (Phi) is 4.10. The Morgan fingerprint density at radius 1 is 1.37 bits per heavy atom. The Bertz CT molecular complexity index is 471. The van der Waals surface area contributed by atoms with Gasteiger partial charge in [0.1, 0.15) is 5.75 Å². The van der Waals surface area contributed by atoms with Gasteiger partial charge < -0.3 is 10.4 Å². The summed E-state index contributed by atoms with van der Waals surface area (Å²) >= 11 is 0. The first-order valence-electron chi connectivity index (χ1n) is 6.85. The monoisotopic (exact) mass is 262 g/mol. The van der Waals surface area contributed by atoms with Crippen LogP contribution in [0.1, 0.15) is 44.4 Å². The fraction of sp³-hybridized carbons (Fsp3) is 0.533. The van der Waals surface area contributed by atoms with Crippen LogP contribution < -0.4 is 10.6 Å². The van der Waals surface area contributed by atoms with Gasteiger partial charge in [0, 0.05) is 12.1 Å². The van der Waals surface area contributed by atoms with Crippen LogP contribution >= 0.6 is 0 Å². The summed E-state index contributed by atoms with van der Waals surface area (Å²) in [6, 6.07) is 5.61. The number of carbonyl (C=O) groups is 1. The fourth-order valence-electron chi connectivity index (χ4n) is 2.56. The van der Waals surface area contributed by atoms with Crippen molar-refractivity contribution in [2.45, 2.75) is 51.7 Å². The molecule has 4 nitrogen and oxygen atoms in total. The van der Waals surface area contributed by atoms with Gasteiger partial charge >= 0.3 is 0 Å². The largest absolute Gasteiger partial charge is 0.508 e. The number of fused-ring (bicyclic) bond motifs is 1. The van der Waals surface area contributed by atoms with Gasteiger partial charge in [-0.05, 0) is 56.9 Å². The molecule has 0 radical (unpaired) electrons. The van der Waals surface area contributed by atoms with E-state index in [1.54, 1.807) is 6.07 Å². The predicted molar refractivity (Wildman–Crippen MR) is 75.0 cm³/mol. The maximum atomic E-state index is 11.9. The average molecular weight is 262 g/mol. The number of aromatic hydroxyl groups is 1. The van der Waals surface area contributed by atoms with Gasteiger partial charge in [0.05, 0.1) is 6.04 Å². The van der Waals surface area contributed by atoms with Crippen LogP contribution in [0.4, 0.5) is 0 Å². The summed E-state index contributed by atoms with van der Waals surface area (Å²) < 4.78 is 0. The second-order valence-corrected chi connectivity index (χ2v) is 5.53. The van der Waals surface area contributed by atoms with Crippen LogP contribution in [0.3, 0.4) is 0 Å². The molecule has 0 saturated carbocycles. The third-order valence-electron chi connectivity index (χ3n) is 3.48. The summed E-state index contributed by atoms with van der Waals surface area (Å²) in [5.74, 6) is 0.340. The number of phenols is 1. The number of nitrogens with one attached hydrogen (secondary N) is 2. The van der Waals surface area contributed by atoms with E-state index in [1.165, 1.54) is 11.1 Å². The molecule has 19 heavy (non-hydrogen) atoms. The second-order valence-electron chi connectivity index (χ2n) is 5.53. The maximum Gasteiger partial charge on any atom is 0.237 e. The summed E-state index contributed by atoms with van der Waals surface area (Å²) in [4.78, 5) is 11.9. The van der Waals surface area contributed by atoms with Crippen molar-refractivity contribution in [1.29, 1.82) is 0 Å². The lowest BCUT2D eigenvalue weighted by Gasteiger charge is -2.21. The van der Waals surface area contributed by atoms with Gasteiger partial charge in [0.25, 0.3) is 0 Å². The van der Waals surface area contributed by atoms with Gasteiger partial charge in [-0.1, -0.05) is 6.07 Å². The molecule has 1 aromatic carbocycles. The first-order valence-corrected chi connectivity index (χ1v) is 6.85. The molecule has 0 heterocycles. The smallest absolute Gasteiger partial charge is 0.237 e. The molecule has 0 bridgehead atoms. The molecule has 1 aliphatic rings. The lowest BCUT2D eigenvalue weighted by molar-refractivity contribution is -0.123. The summed E-state index contributed by atoms with van der Waals surface area (Å²) in [6.07, 6.45) is 1.91. The molecule has 1 amide bonds. The van der Waals surface area contributed by atoms with E-state index < -0.39 is 0 Å². The molecule has 2 unspecified atom stereocenters. The molecule has 2 atom stereocenters. The third-order valence-corrected chi connectivity index (χ3v) is 3.48. The zero-order valence-corrected chi connectivity index (χ0v) is 11.7. The average Bonchev–Trinajstić information content (AvgIpc) is 2.70. The molecule has 2 rings (SSSR count). The Hall–Kier alpha value is -1.55. The minimum absolute atomic E-state index is 0.0298. The third kappa shape index (κ3) is 3.26. The van der Waals surface area contributed by atoms with E-state index in [-0.39, 0.29) is 24.0 Å². The van der Waals surface area contributed by atoms with E-state index in [2.05, 4.69) is 10.6 Å². The number of phenolic OH excluding ortho intramolecular Hbond substituents is 1. The van der Waals surface area contributed by atoms with Crippen molar-refractivity contribution in [2.75, 3.05) is 0 Å². The highest BCUT2D eigenvalue weighted by molar-refractivity contribution is 5.81. The van der Waals surface area contributed by atoms with Gasteiger partial charge in [-0.15, -0.1) is 0 Å². The van der Waals surface area contributed by atoms with Crippen LogP contribution in [0, 0.1) is 0 Å². The molecular formula is C15H22N2O2. The van der Waals surface area contributed by atoms with Crippen LogP contribution in [-0.2, 0) is 11.2 Å². The molecule has 3 N–H and O–H groups in total. The second kappa shape index (κ2) is 5.61. The van der Waals surface area contributed by atoms with Crippen molar-refractivity contribution >= 4 is 5.91 Å². The van der Waals surface area contributed by atoms with Gasteiger partial charge in [0.15, 0.2) is 0 Å². The highest BCUT2D eigenvalue weighted by atomic mass is 16.3. The predicted octanol–water partition coefficient (Wildman–Crippen LogP) is 1.88. The Balaban J connectivity index is 2.01. The summed E-state index contributed by atoms with van der Waals surface area (Å²) in [7, 11) is 0. The van der Waals surface area contributed by atoms with E-state index >= 15 is 0 Å². The lowest BCUT2D eigenvalue weighted by atomic mass is 10.1. The molecule has 0 aliphatic heterocycles. The van der Waals surface area contributed by atoms with Crippen molar-refractivity contribution in [3.8, 4) is 5.75 Å². The van der Waals surface area contributed by atoms with Crippen molar-refractivity contribution in [1.82, 2.24) is 10.6 Å². The van der Waals surface area contributed by atoms with Gasteiger partial charge in [-0.2, -0.15) is 0 Å². The summed E-state index contributed by atoms with van der Waals surface area (Å²) in [5, 5.41) is 15.7. The minimum atomic E-state index is -0.216. The molecule has 104 valence electrons. The molecule has 0 saturated heterocycles. The standard InChI is InChI=1S/C15H22N2O2/c1-9(2)16-15(19)10(3)17-14-7-4-11-8-12(18)5-6-13(11)14/h5-6,8-10,14,17-18H,4,7H2,1-3H3,(H,16,19). The zero-order valence-electron chi connectivity index (χ0n) is 11.7. The van der Waals surface area contributed by atoms with Crippen LogP contribution in [0.5, 0.6) is 5.75 Å². The van der Waals surface area contributed by atoms with Crippen LogP contribution in [0.15, 0.2) is 18.2 Å². The summed E-state index contributed by atoms with van der Waals surface area (Å²) in [5.41, 5.74) is 2.37. The van der Waals surface area contributed by atoms with Crippen LogP contribution in [-0.4, -0.2) is 23.1 Å². The van der Waals surface area contributed by atoms with Gasteiger partial charge in [-0.25, -0.2) is 0 Å². The zero-order chi connectivity index (χ0) is 14.0. The fourth-order valence-corrected chi connectivity index (χ4v) is 2.56. The van der Waals surface area contributed by atoms with E-state index in [0.717, 1.165) is 12.8 Å². The number of hydrogen-bond acceptors (Lipinski definition) is 3. The lowest BCUT2D eigenvalue weighted by Crippen LogP contribution is -2.45. The molecular weight excluding hydrogens is 240 g/mol. The molecule has 4 heteroatoms. The maximum absolute atomic E-state index is 11.9. The van der Waals surface area contributed by atoms with E-state index in [0.29, 0.717) is 5.75 Å². The van der Waals surface area contributed by atoms with Crippen LogP contribution in [0.2, 0.25) is 0 Å². The summed E-state index contributed by atoms with van der Waals surface area (Å²) in [6.45, 7) is 5.80. The van der Waals surface area contributed by atoms with E-state index in [9.17, 15) is 9.90 Å². The van der Waals surface area contributed by atoms with Gasteiger partial charge in [0.2, 0.25) is 5.91 Å². The number of carbonyl (C=O) groups excluding carboxylic acids is 1. The van der Waals surface area contributed by atoms with Crippen molar-refractivity contribution in [2.24, 2.45) is 0 Å². The molecule has 0 fully saturated rings. The first kappa shape index (κ1) is 13.9. The highest BCUT2D eigenvalue weighted by Crippen LogP contribution is 2.33. The highest BCUT2D eigenvalue weighted by Gasteiger charge is 2.25. The normalized spacial score (nSPS) is 19.3. The van der Waals surface area contributed by atoms with Crippen LogP contribution in [0.25, 0.3) is 0 Å². The number of benzene rings is 1. The molecule has 1 aliphatic carbocycles. The Morgan fingerprint density at radius 3 is 2.79 bits per heavy atom. The number of hydrogen-bond donors (Lipinski definition) is 3. The van der Waals surface area contributed by atoms with Crippen molar-refractivity contribution < 1.29 is 9.90 Å². The van der Waals surface area contributed by atoms with E-state index in [4.69, 9.17) is 0 Å². The molecule has 1 aromatic rings. The van der Waals surface area contributed by atoms with Gasteiger partial charge in [-0.3, -0.25) is 10.1 Å². The van der Waals surface area contributed by atoms with E-state index in [1.807, 2.05) is 32.9 Å². The molecule has 0 spiro atoms. The van der Waals surface area contributed by atoms with Crippen molar-refractivity contribution in [3.63, 3.8) is 0 Å². The Morgan fingerprint density at radius 2 is 2.11 bits per heavy atom. The first-order chi connectivity index (χ1) is 8.97.